The first-order chi connectivity index (χ1) is 16.7. The SMILES string of the molecule is Cc1csc(-c2nnc(Nc3ccc(Oc4ccnc5ccncc45)cc3)c3ccccc23)c1. The van der Waals surface area contributed by atoms with Crippen LogP contribution >= 0.6 is 11.3 Å². The highest BCUT2D eigenvalue weighted by atomic mass is 32.1. The number of hydrogen-bond acceptors (Lipinski definition) is 7. The van der Waals surface area contributed by atoms with E-state index in [9.17, 15) is 0 Å². The van der Waals surface area contributed by atoms with Gasteiger partial charge in [-0.15, -0.1) is 21.5 Å². The van der Waals surface area contributed by atoms with Crippen LogP contribution in [0.1, 0.15) is 5.56 Å². The number of rotatable bonds is 5. The molecule has 0 aliphatic heterocycles. The van der Waals surface area contributed by atoms with Crippen LogP contribution in [0.2, 0.25) is 0 Å². The van der Waals surface area contributed by atoms with Crippen LogP contribution < -0.4 is 10.1 Å². The van der Waals surface area contributed by atoms with E-state index >= 15 is 0 Å². The quantitative estimate of drug-likeness (QED) is 0.294. The molecule has 34 heavy (non-hydrogen) atoms. The molecule has 2 aromatic carbocycles. The number of pyridine rings is 2. The fraction of sp³-hybridized carbons (Fsp3) is 0.0370. The zero-order valence-corrected chi connectivity index (χ0v) is 19.1. The molecule has 0 radical (unpaired) electrons. The molecule has 6 nitrogen and oxygen atoms in total. The van der Waals surface area contributed by atoms with Crippen molar-refractivity contribution >= 4 is 44.5 Å². The van der Waals surface area contributed by atoms with Crippen LogP contribution in [0.5, 0.6) is 11.5 Å². The summed E-state index contributed by atoms with van der Waals surface area (Å²) in [5.41, 5.74) is 3.87. The van der Waals surface area contributed by atoms with E-state index in [0.29, 0.717) is 5.82 Å². The summed E-state index contributed by atoms with van der Waals surface area (Å²) in [6.45, 7) is 2.09. The van der Waals surface area contributed by atoms with Gasteiger partial charge < -0.3 is 10.1 Å². The van der Waals surface area contributed by atoms with Crippen molar-refractivity contribution in [2.24, 2.45) is 0 Å². The van der Waals surface area contributed by atoms with Gasteiger partial charge in [0.1, 0.15) is 17.2 Å². The molecule has 7 heteroatoms. The van der Waals surface area contributed by atoms with Gasteiger partial charge in [0.05, 0.1) is 15.8 Å². The molecule has 0 amide bonds. The molecule has 6 aromatic rings. The molecule has 0 fully saturated rings. The molecule has 0 saturated heterocycles. The fourth-order valence-corrected chi connectivity index (χ4v) is 4.75. The molecule has 0 saturated carbocycles. The minimum absolute atomic E-state index is 0.715. The van der Waals surface area contributed by atoms with E-state index in [-0.39, 0.29) is 0 Å². The van der Waals surface area contributed by atoms with E-state index in [2.05, 4.69) is 56.0 Å². The van der Waals surface area contributed by atoms with Gasteiger partial charge in [0.25, 0.3) is 0 Å². The predicted octanol–water partition coefficient (Wildman–Crippen LogP) is 7.15. The summed E-state index contributed by atoms with van der Waals surface area (Å²) in [7, 11) is 0. The number of nitrogens with zero attached hydrogens (tertiary/aromatic N) is 4. The van der Waals surface area contributed by atoms with Crippen molar-refractivity contribution in [3.05, 3.63) is 96.3 Å². The largest absolute Gasteiger partial charge is 0.457 e. The third-order valence-corrected chi connectivity index (χ3v) is 6.55. The first-order valence-corrected chi connectivity index (χ1v) is 11.7. The minimum Gasteiger partial charge on any atom is -0.457 e. The third-order valence-electron chi connectivity index (χ3n) is 5.50. The van der Waals surface area contributed by atoms with Gasteiger partial charge >= 0.3 is 0 Å². The number of hydrogen-bond donors (Lipinski definition) is 1. The van der Waals surface area contributed by atoms with E-state index in [1.54, 1.807) is 29.9 Å². The standard InChI is InChI=1S/C27H19N5OS/c1-17-14-25(34-16-17)26-20-4-2-3-5-21(20)27(32-31-26)30-18-6-8-19(9-7-18)33-24-11-13-29-23-10-12-28-15-22(23)24/h2-16H,1H3,(H,30,32). The second-order valence-electron chi connectivity index (χ2n) is 7.88. The molecule has 4 aromatic heterocycles. The maximum Gasteiger partial charge on any atom is 0.161 e. The Labute approximate surface area is 199 Å². The molecule has 0 spiro atoms. The summed E-state index contributed by atoms with van der Waals surface area (Å²) in [4.78, 5) is 9.66. The lowest BCUT2D eigenvalue weighted by atomic mass is 10.1. The second-order valence-corrected chi connectivity index (χ2v) is 8.80. The number of fused-ring (bicyclic) bond motifs is 2. The van der Waals surface area contributed by atoms with Gasteiger partial charge in [-0.3, -0.25) is 9.97 Å². The Morgan fingerprint density at radius 1 is 0.853 bits per heavy atom. The van der Waals surface area contributed by atoms with Crippen molar-refractivity contribution < 1.29 is 4.74 Å². The first kappa shape index (κ1) is 20.3. The van der Waals surface area contributed by atoms with E-state index < -0.39 is 0 Å². The highest BCUT2D eigenvalue weighted by Crippen LogP contribution is 2.34. The number of ether oxygens (including phenoxy) is 1. The lowest BCUT2D eigenvalue weighted by molar-refractivity contribution is 0.488. The average molecular weight is 462 g/mol. The number of aryl methyl sites for hydroxylation is 1. The minimum atomic E-state index is 0.715. The Hall–Kier alpha value is -4.36. The maximum atomic E-state index is 6.10. The number of benzene rings is 2. The van der Waals surface area contributed by atoms with Crippen LogP contribution in [0.4, 0.5) is 11.5 Å². The van der Waals surface area contributed by atoms with Crippen LogP contribution in [0.15, 0.2) is 90.7 Å². The lowest BCUT2D eigenvalue weighted by Crippen LogP contribution is -1.98. The molecular weight excluding hydrogens is 442 g/mol. The molecule has 0 bridgehead atoms. The Morgan fingerprint density at radius 2 is 1.71 bits per heavy atom. The summed E-state index contributed by atoms with van der Waals surface area (Å²) in [6.07, 6.45) is 5.22. The van der Waals surface area contributed by atoms with E-state index in [1.165, 1.54) is 5.56 Å². The van der Waals surface area contributed by atoms with E-state index in [0.717, 1.165) is 49.4 Å². The van der Waals surface area contributed by atoms with Crippen LogP contribution in [0.3, 0.4) is 0 Å². The van der Waals surface area contributed by atoms with Crippen molar-refractivity contribution in [3.8, 4) is 22.1 Å². The summed E-state index contributed by atoms with van der Waals surface area (Å²) in [6, 6.07) is 21.8. The van der Waals surface area contributed by atoms with Crippen molar-refractivity contribution in [1.82, 2.24) is 20.2 Å². The zero-order valence-electron chi connectivity index (χ0n) is 18.3. The van der Waals surface area contributed by atoms with E-state index in [1.807, 2.05) is 48.5 Å². The monoisotopic (exact) mass is 461 g/mol. The van der Waals surface area contributed by atoms with Gasteiger partial charge in [0.2, 0.25) is 0 Å². The predicted molar refractivity (Wildman–Crippen MR) is 137 cm³/mol. The van der Waals surface area contributed by atoms with Gasteiger partial charge in [-0.25, -0.2) is 0 Å². The average Bonchev–Trinajstić information content (AvgIpc) is 3.31. The lowest BCUT2D eigenvalue weighted by Gasteiger charge is -2.12. The maximum absolute atomic E-state index is 6.10. The molecule has 0 aliphatic carbocycles. The Balaban J connectivity index is 1.28. The van der Waals surface area contributed by atoms with Crippen LogP contribution in [-0.2, 0) is 0 Å². The summed E-state index contributed by atoms with van der Waals surface area (Å²) >= 11 is 1.69. The molecular formula is C27H19N5OS. The van der Waals surface area contributed by atoms with Crippen molar-refractivity contribution in [1.29, 1.82) is 0 Å². The first-order valence-electron chi connectivity index (χ1n) is 10.8. The molecule has 6 rings (SSSR count). The molecule has 0 atom stereocenters. The van der Waals surface area contributed by atoms with Gasteiger partial charge in [-0.2, -0.15) is 0 Å². The summed E-state index contributed by atoms with van der Waals surface area (Å²) in [5.74, 6) is 2.16. The molecule has 4 heterocycles. The molecule has 164 valence electrons. The van der Waals surface area contributed by atoms with Gasteiger partial charge in [-0.1, -0.05) is 24.3 Å². The second kappa shape index (κ2) is 8.53. The number of thiophene rings is 1. The number of aromatic nitrogens is 4. The number of anilines is 2. The van der Waals surface area contributed by atoms with Crippen molar-refractivity contribution in [3.63, 3.8) is 0 Å². The smallest absolute Gasteiger partial charge is 0.161 e. The highest BCUT2D eigenvalue weighted by molar-refractivity contribution is 7.13. The Bertz CT molecular complexity index is 1620. The molecule has 1 N–H and O–H groups in total. The highest BCUT2D eigenvalue weighted by Gasteiger charge is 2.13. The number of nitrogens with one attached hydrogen (secondary N) is 1. The van der Waals surface area contributed by atoms with Gasteiger partial charge in [0.15, 0.2) is 5.82 Å². The Kier molecular flexibility index (Phi) is 5.08. The summed E-state index contributed by atoms with van der Waals surface area (Å²) in [5, 5.41) is 17.6. The van der Waals surface area contributed by atoms with Crippen molar-refractivity contribution in [2.45, 2.75) is 6.92 Å². The van der Waals surface area contributed by atoms with Gasteiger partial charge in [-0.05, 0) is 60.3 Å². The fourth-order valence-electron chi connectivity index (χ4n) is 3.86. The zero-order chi connectivity index (χ0) is 22.9. The van der Waals surface area contributed by atoms with Crippen LogP contribution in [-0.4, -0.2) is 20.2 Å². The normalized spacial score (nSPS) is 11.1. The Morgan fingerprint density at radius 3 is 2.53 bits per heavy atom. The van der Waals surface area contributed by atoms with E-state index in [4.69, 9.17) is 4.74 Å². The molecule has 0 aliphatic rings. The van der Waals surface area contributed by atoms with Crippen molar-refractivity contribution in [2.75, 3.05) is 5.32 Å². The van der Waals surface area contributed by atoms with Crippen LogP contribution in [0, 0.1) is 6.92 Å². The van der Waals surface area contributed by atoms with Gasteiger partial charge in [0, 0.05) is 35.1 Å². The third kappa shape index (κ3) is 3.82. The summed E-state index contributed by atoms with van der Waals surface area (Å²) < 4.78 is 6.10. The van der Waals surface area contributed by atoms with Crippen LogP contribution in [0.25, 0.3) is 32.2 Å². The topological polar surface area (TPSA) is 72.8 Å². The molecule has 0 unspecified atom stereocenters.